The van der Waals surface area contributed by atoms with Gasteiger partial charge >= 0.3 is 11.7 Å². The van der Waals surface area contributed by atoms with Gasteiger partial charge in [-0.2, -0.15) is 0 Å². The summed E-state index contributed by atoms with van der Waals surface area (Å²) in [6.45, 7) is 3.52. The minimum atomic E-state index is -0.501. The van der Waals surface area contributed by atoms with Crippen molar-refractivity contribution in [2.75, 3.05) is 25.1 Å². The van der Waals surface area contributed by atoms with Gasteiger partial charge in [-0.05, 0) is 19.9 Å². The summed E-state index contributed by atoms with van der Waals surface area (Å²) < 4.78 is 4.79. The molecule has 0 saturated heterocycles. The lowest BCUT2D eigenvalue weighted by Gasteiger charge is -2.17. The van der Waals surface area contributed by atoms with Crippen molar-refractivity contribution in [3.63, 3.8) is 0 Å². The molecule has 1 rings (SSSR count). The number of nitro groups is 1. The second kappa shape index (κ2) is 5.95. The first-order chi connectivity index (χ1) is 8.47. The molecule has 0 spiro atoms. The van der Waals surface area contributed by atoms with E-state index in [1.165, 1.54) is 11.1 Å². The van der Waals surface area contributed by atoms with E-state index >= 15 is 0 Å². The van der Waals surface area contributed by atoms with Crippen LogP contribution in [0, 0.1) is 17.0 Å². The summed E-state index contributed by atoms with van der Waals surface area (Å²) in [5.74, 6) is -0.286. The van der Waals surface area contributed by atoms with E-state index in [-0.39, 0.29) is 24.7 Å². The Kier molecular flexibility index (Phi) is 4.59. The Bertz CT molecular complexity index is 462. The Labute approximate surface area is 105 Å². The highest BCUT2D eigenvalue weighted by Gasteiger charge is 2.22. The molecular weight excluding hydrogens is 238 g/mol. The lowest BCUT2D eigenvalue weighted by Crippen LogP contribution is -2.28. The highest BCUT2D eigenvalue weighted by Crippen LogP contribution is 2.27. The van der Waals surface area contributed by atoms with Crippen molar-refractivity contribution in [1.29, 1.82) is 0 Å². The molecule has 0 aromatic carbocycles. The van der Waals surface area contributed by atoms with Crippen LogP contribution in [0.15, 0.2) is 12.3 Å². The van der Waals surface area contributed by atoms with Crippen LogP contribution >= 0.6 is 0 Å². The highest BCUT2D eigenvalue weighted by molar-refractivity contribution is 5.76. The largest absolute Gasteiger partial charge is 0.465 e. The number of nitrogens with zero attached hydrogens (tertiary/aromatic N) is 3. The molecule has 0 aliphatic heterocycles. The van der Waals surface area contributed by atoms with Gasteiger partial charge in [0.25, 0.3) is 0 Å². The van der Waals surface area contributed by atoms with Gasteiger partial charge in [0.05, 0.1) is 11.5 Å². The molecule has 98 valence electrons. The van der Waals surface area contributed by atoms with Crippen molar-refractivity contribution in [3.8, 4) is 0 Å². The lowest BCUT2D eigenvalue weighted by molar-refractivity contribution is -0.384. The van der Waals surface area contributed by atoms with Gasteiger partial charge < -0.3 is 9.64 Å². The first-order valence-corrected chi connectivity index (χ1v) is 5.44. The SMILES string of the molecule is CCOC(=O)CN(C)c1nccc(C)c1[N+](=O)[O-]. The van der Waals surface area contributed by atoms with E-state index in [4.69, 9.17) is 4.74 Å². The van der Waals surface area contributed by atoms with E-state index in [9.17, 15) is 14.9 Å². The van der Waals surface area contributed by atoms with Crippen molar-refractivity contribution in [3.05, 3.63) is 27.9 Å². The average molecular weight is 253 g/mol. The van der Waals surface area contributed by atoms with Gasteiger partial charge in [0.2, 0.25) is 5.82 Å². The Morgan fingerprint density at radius 1 is 1.61 bits per heavy atom. The Balaban J connectivity index is 2.98. The molecule has 0 aliphatic rings. The maximum Gasteiger partial charge on any atom is 0.325 e. The molecule has 0 aliphatic carbocycles. The van der Waals surface area contributed by atoms with E-state index < -0.39 is 10.9 Å². The second-order valence-electron chi connectivity index (χ2n) is 3.72. The van der Waals surface area contributed by atoms with Crippen LogP contribution in [0.3, 0.4) is 0 Å². The molecule has 0 fully saturated rings. The molecule has 1 heterocycles. The van der Waals surface area contributed by atoms with Crippen molar-refractivity contribution >= 4 is 17.5 Å². The number of rotatable bonds is 5. The predicted molar refractivity (Wildman–Crippen MR) is 65.5 cm³/mol. The number of carbonyl (C=O) groups is 1. The highest BCUT2D eigenvalue weighted by atomic mass is 16.6. The Hall–Kier alpha value is -2.18. The number of ether oxygens (including phenoxy) is 1. The monoisotopic (exact) mass is 253 g/mol. The molecule has 18 heavy (non-hydrogen) atoms. The maximum absolute atomic E-state index is 11.3. The van der Waals surface area contributed by atoms with Gasteiger partial charge in [-0.3, -0.25) is 14.9 Å². The summed E-state index contributed by atoms with van der Waals surface area (Å²) in [6, 6.07) is 1.56. The third-order valence-corrected chi connectivity index (χ3v) is 2.32. The fourth-order valence-corrected chi connectivity index (χ4v) is 1.52. The fourth-order valence-electron chi connectivity index (χ4n) is 1.52. The zero-order valence-corrected chi connectivity index (χ0v) is 10.5. The van der Waals surface area contributed by atoms with Gasteiger partial charge in [-0.25, -0.2) is 4.98 Å². The molecule has 7 heteroatoms. The summed E-state index contributed by atoms with van der Waals surface area (Å²) in [5.41, 5.74) is 0.407. The van der Waals surface area contributed by atoms with Crippen LogP contribution in [0.2, 0.25) is 0 Å². The minimum absolute atomic E-state index is 0.0782. The van der Waals surface area contributed by atoms with Gasteiger partial charge in [-0.1, -0.05) is 0 Å². The number of pyridine rings is 1. The number of hydrogen-bond donors (Lipinski definition) is 0. The second-order valence-corrected chi connectivity index (χ2v) is 3.72. The normalized spacial score (nSPS) is 9.94. The molecule has 0 amide bonds. The van der Waals surface area contributed by atoms with Crippen molar-refractivity contribution in [1.82, 2.24) is 4.98 Å². The van der Waals surface area contributed by atoms with Crippen molar-refractivity contribution in [2.24, 2.45) is 0 Å². The molecular formula is C11H15N3O4. The Morgan fingerprint density at radius 2 is 2.28 bits per heavy atom. The third kappa shape index (κ3) is 3.16. The summed E-state index contributed by atoms with van der Waals surface area (Å²) in [5, 5.41) is 11.0. The van der Waals surface area contributed by atoms with E-state index in [2.05, 4.69) is 4.98 Å². The molecule has 0 N–H and O–H groups in total. The zero-order chi connectivity index (χ0) is 13.7. The standard InChI is InChI=1S/C11H15N3O4/c1-4-18-9(15)7-13(3)11-10(14(16)17)8(2)5-6-12-11/h5-6H,4,7H2,1-3H3. The summed E-state index contributed by atoms with van der Waals surface area (Å²) in [7, 11) is 1.56. The van der Waals surface area contributed by atoms with Crippen molar-refractivity contribution in [2.45, 2.75) is 13.8 Å². The van der Waals surface area contributed by atoms with Gasteiger partial charge in [0.1, 0.15) is 6.54 Å². The minimum Gasteiger partial charge on any atom is -0.465 e. The van der Waals surface area contributed by atoms with Gasteiger partial charge in [0.15, 0.2) is 0 Å². The van der Waals surface area contributed by atoms with E-state index in [0.29, 0.717) is 5.56 Å². The molecule has 0 unspecified atom stereocenters. The van der Waals surface area contributed by atoms with Crippen LogP contribution < -0.4 is 4.90 Å². The third-order valence-electron chi connectivity index (χ3n) is 2.32. The number of anilines is 1. The number of likely N-dealkylation sites (N-methyl/N-ethyl adjacent to an activating group) is 1. The lowest BCUT2D eigenvalue weighted by atomic mass is 10.2. The van der Waals surface area contributed by atoms with E-state index in [0.717, 1.165) is 0 Å². The van der Waals surface area contributed by atoms with Crippen molar-refractivity contribution < 1.29 is 14.5 Å². The summed E-state index contributed by atoms with van der Waals surface area (Å²) in [6.07, 6.45) is 1.47. The number of carbonyl (C=O) groups excluding carboxylic acids is 1. The number of hydrogen-bond acceptors (Lipinski definition) is 6. The van der Waals surface area contributed by atoms with Crippen LogP contribution in [0.1, 0.15) is 12.5 Å². The van der Waals surface area contributed by atoms with Crippen LogP contribution in [0.25, 0.3) is 0 Å². The number of esters is 1. The summed E-state index contributed by atoms with van der Waals surface area (Å²) >= 11 is 0. The molecule has 0 atom stereocenters. The first-order valence-electron chi connectivity index (χ1n) is 5.44. The Morgan fingerprint density at radius 3 is 2.83 bits per heavy atom. The molecule has 1 aromatic heterocycles. The smallest absolute Gasteiger partial charge is 0.325 e. The topological polar surface area (TPSA) is 85.6 Å². The van der Waals surface area contributed by atoms with Crippen LogP contribution in [-0.2, 0) is 9.53 Å². The first kappa shape index (κ1) is 13.9. The summed E-state index contributed by atoms with van der Waals surface area (Å²) in [4.78, 5) is 27.2. The van der Waals surface area contributed by atoms with E-state index in [1.54, 1.807) is 27.0 Å². The molecule has 1 aromatic rings. The van der Waals surface area contributed by atoms with Crippen LogP contribution in [-0.4, -0.2) is 36.1 Å². The van der Waals surface area contributed by atoms with Gasteiger partial charge in [-0.15, -0.1) is 0 Å². The molecule has 0 radical (unpaired) electrons. The average Bonchev–Trinajstić information content (AvgIpc) is 2.28. The zero-order valence-electron chi connectivity index (χ0n) is 10.5. The predicted octanol–water partition coefficient (Wildman–Crippen LogP) is 1.30. The van der Waals surface area contributed by atoms with Crippen LogP contribution in [0.4, 0.5) is 11.5 Å². The van der Waals surface area contributed by atoms with Crippen LogP contribution in [0.5, 0.6) is 0 Å². The quantitative estimate of drug-likeness (QED) is 0.446. The fraction of sp³-hybridized carbons (Fsp3) is 0.455. The number of aryl methyl sites for hydroxylation is 1. The molecule has 0 bridgehead atoms. The van der Waals surface area contributed by atoms with E-state index in [1.807, 2.05) is 0 Å². The number of aromatic nitrogens is 1. The molecule has 0 saturated carbocycles. The van der Waals surface area contributed by atoms with Gasteiger partial charge in [0, 0.05) is 18.8 Å². The maximum atomic E-state index is 11.3. The molecule has 7 nitrogen and oxygen atoms in total.